The Bertz CT molecular complexity index is 180. The number of nitrogens with two attached hydrogens (primary N) is 2. The number of hydrogen-bond acceptors (Lipinski definition) is 3. The number of amides is 2. The standard InChI is InChI=1S/C6H14N4O2/c1-2-3-10(6(8)11)4-5(7)9-12/h12H,2-4H2,1H3,(H2,7,9)(H2,8,11). The van der Waals surface area contributed by atoms with Gasteiger partial charge in [-0.05, 0) is 6.42 Å². The second-order valence-electron chi connectivity index (χ2n) is 2.35. The van der Waals surface area contributed by atoms with Crippen molar-refractivity contribution < 1.29 is 10.0 Å². The quantitative estimate of drug-likeness (QED) is 0.232. The molecule has 0 unspecified atom stereocenters. The lowest BCUT2D eigenvalue weighted by Gasteiger charge is -2.17. The van der Waals surface area contributed by atoms with E-state index in [0.29, 0.717) is 6.54 Å². The van der Waals surface area contributed by atoms with E-state index in [1.54, 1.807) is 0 Å². The molecule has 0 aliphatic rings. The number of oxime groups is 1. The monoisotopic (exact) mass is 174 g/mol. The number of carbonyl (C=O) groups excluding carboxylic acids is 1. The van der Waals surface area contributed by atoms with E-state index in [2.05, 4.69) is 5.16 Å². The lowest BCUT2D eigenvalue weighted by molar-refractivity contribution is 0.214. The summed E-state index contributed by atoms with van der Waals surface area (Å²) in [5, 5.41) is 11.0. The van der Waals surface area contributed by atoms with E-state index in [0.717, 1.165) is 6.42 Å². The van der Waals surface area contributed by atoms with E-state index in [-0.39, 0.29) is 12.4 Å². The molecule has 0 radical (unpaired) electrons. The largest absolute Gasteiger partial charge is 0.409 e. The smallest absolute Gasteiger partial charge is 0.315 e. The average Bonchev–Trinajstić information content (AvgIpc) is 2.03. The number of nitrogens with zero attached hydrogens (tertiary/aromatic N) is 2. The number of rotatable bonds is 4. The van der Waals surface area contributed by atoms with Crippen LogP contribution >= 0.6 is 0 Å². The molecule has 0 atom stereocenters. The summed E-state index contributed by atoms with van der Waals surface area (Å²) in [4.78, 5) is 12.0. The van der Waals surface area contributed by atoms with Gasteiger partial charge in [0.1, 0.15) is 0 Å². The number of urea groups is 1. The Hall–Kier alpha value is -1.46. The van der Waals surface area contributed by atoms with Crippen LogP contribution in [0.25, 0.3) is 0 Å². The molecule has 2 amide bonds. The maximum Gasteiger partial charge on any atom is 0.315 e. The third-order valence-electron chi connectivity index (χ3n) is 1.29. The molecule has 0 spiro atoms. The second kappa shape index (κ2) is 5.22. The Kier molecular flexibility index (Phi) is 4.59. The Balaban J connectivity index is 4.04. The van der Waals surface area contributed by atoms with E-state index >= 15 is 0 Å². The van der Waals surface area contributed by atoms with Gasteiger partial charge < -0.3 is 21.6 Å². The summed E-state index contributed by atoms with van der Waals surface area (Å²) in [5.41, 5.74) is 10.2. The molecule has 0 aromatic heterocycles. The van der Waals surface area contributed by atoms with Crippen LogP contribution in [-0.4, -0.2) is 35.1 Å². The molecule has 6 nitrogen and oxygen atoms in total. The SMILES string of the molecule is CCCN(CC(N)=NO)C(N)=O. The molecular formula is C6H14N4O2. The number of primary amides is 1. The molecule has 0 heterocycles. The summed E-state index contributed by atoms with van der Waals surface area (Å²) >= 11 is 0. The maximum atomic E-state index is 10.7. The molecule has 0 rings (SSSR count). The highest BCUT2D eigenvalue weighted by molar-refractivity contribution is 5.85. The fourth-order valence-corrected chi connectivity index (χ4v) is 0.764. The Morgan fingerprint density at radius 3 is 2.50 bits per heavy atom. The predicted octanol–water partition coefficient (Wildman–Crippen LogP) is -0.476. The van der Waals surface area contributed by atoms with E-state index in [1.165, 1.54) is 4.90 Å². The van der Waals surface area contributed by atoms with Crippen molar-refractivity contribution in [1.29, 1.82) is 0 Å². The van der Waals surface area contributed by atoms with Gasteiger partial charge in [-0.25, -0.2) is 4.79 Å². The highest BCUT2D eigenvalue weighted by Crippen LogP contribution is 1.90. The summed E-state index contributed by atoms with van der Waals surface area (Å²) in [5.74, 6) is -0.0257. The second-order valence-corrected chi connectivity index (χ2v) is 2.35. The van der Waals surface area contributed by atoms with Gasteiger partial charge in [0, 0.05) is 6.54 Å². The number of amidine groups is 1. The van der Waals surface area contributed by atoms with Crippen molar-refractivity contribution in [2.75, 3.05) is 13.1 Å². The van der Waals surface area contributed by atoms with Crippen LogP contribution in [-0.2, 0) is 0 Å². The van der Waals surface area contributed by atoms with E-state index in [1.807, 2.05) is 6.92 Å². The molecule has 0 aromatic carbocycles. The fourth-order valence-electron chi connectivity index (χ4n) is 0.764. The molecule has 0 fully saturated rings. The van der Waals surface area contributed by atoms with Crippen molar-refractivity contribution >= 4 is 11.9 Å². The van der Waals surface area contributed by atoms with Gasteiger partial charge in [-0.15, -0.1) is 0 Å². The topological polar surface area (TPSA) is 105 Å². The lowest BCUT2D eigenvalue weighted by atomic mass is 10.4. The highest BCUT2D eigenvalue weighted by Gasteiger charge is 2.09. The molecule has 12 heavy (non-hydrogen) atoms. The fraction of sp³-hybridized carbons (Fsp3) is 0.667. The average molecular weight is 174 g/mol. The molecule has 0 bridgehead atoms. The first-order valence-corrected chi connectivity index (χ1v) is 3.62. The van der Waals surface area contributed by atoms with Crippen LogP contribution in [0.1, 0.15) is 13.3 Å². The van der Waals surface area contributed by atoms with Gasteiger partial charge in [-0.3, -0.25) is 0 Å². The minimum Gasteiger partial charge on any atom is -0.409 e. The minimum absolute atomic E-state index is 0.0257. The van der Waals surface area contributed by atoms with Crippen molar-refractivity contribution in [2.24, 2.45) is 16.6 Å². The van der Waals surface area contributed by atoms with Crippen molar-refractivity contribution in [2.45, 2.75) is 13.3 Å². The van der Waals surface area contributed by atoms with Crippen molar-refractivity contribution in [3.05, 3.63) is 0 Å². The summed E-state index contributed by atoms with van der Waals surface area (Å²) in [6.45, 7) is 2.48. The molecule has 0 aliphatic heterocycles. The van der Waals surface area contributed by atoms with Gasteiger partial charge in [0.05, 0.1) is 6.54 Å². The number of carbonyl (C=O) groups is 1. The Morgan fingerprint density at radius 1 is 1.58 bits per heavy atom. The first kappa shape index (κ1) is 10.5. The van der Waals surface area contributed by atoms with Gasteiger partial charge in [-0.1, -0.05) is 12.1 Å². The third-order valence-corrected chi connectivity index (χ3v) is 1.29. The van der Waals surface area contributed by atoms with Gasteiger partial charge in [-0.2, -0.15) is 0 Å². The first-order chi connectivity index (χ1) is 5.61. The summed E-state index contributed by atoms with van der Waals surface area (Å²) < 4.78 is 0. The van der Waals surface area contributed by atoms with Crippen LogP contribution in [0.4, 0.5) is 4.79 Å². The van der Waals surface area contributed by atoms with Crippen LogP contribution in [0.5, 0.6) is 0 Å². The molecule has 6 heteroatoms. The summed E-state index contributed by atoms with van der Waals surface area (Å²) in [7, 11) is 0. The molecule has 70 valence electrons. The van der Waals surface area contributed by atoms with E-state index < -0.39 is 6.03 Å². The van der Waals surface area contributed by atoms with Crippen LogP contribution in [0.15, 0.2) is 5.16 Å². The third kappa shape index (κ3) is 3.65. The van der Waals surface area contributed by atoms with Crippen LogP contribution in [0.2, 0.25) is 0 Å². The molecule has 0 saturated heterocycles. The van der Waals surface area contributed by atoms with Crippen LogP contribution in [0.3, 0.4) is 0 Å². The number of hydrogen-bond donors (Lipinski definition) is 3. The molecule has 0 saturated carbocycles. The van der Waals surface area contributed by atoms with Crippen LogP contribution in [0, 0.1) is 0 Å². The minimum atomic E-state index is -0.566. The highest BCUT2D eigenvalue weighted by atomic mass is 16.4. The Labute approximate surface area is 70.8 Å². The zero-order valence-electron chi connectivity index (χ0n) is 7.03. The van der Waals surface area contributed by atoms with Crippen molar-refractivity contribution in [3.63, 3.8) is 0 Å². The first-order valence-electron chi connectivity index (χ1n) is 3.62. The Morgan fingerprint density at radius 2 is 2.17 bits per heavy atom. The maximum absolute atomic E-state index is 10.7. The van der Waals surface area contributed by atoms with Gasteiger partial charge >= 0.3 is 6.03 Å². The molecule has 0 aliphatic carbocycles. The van der Waals surface area contributed by atoms with E-state index in [4.69, 9.17) is 16.7 Å². The molecular weight excluding hydrogens is 160 g/mol. The van der Waals surface area contributed by atoms with Gasteiger partial charge in [0.15, 0.2) is 5.84 Å². The van der Waals surface area contributed by atoms with Gasteiger partial charge in [0.2, 0.25) is 0 Å². The summed E-state index contributed by atoms with van der Waals surface area (Å²) in [6.07, 6.45) is 0.779. The normalized spacial score (nSPS) is 11.2. The predicted molar refractivity (Wildman–Crippen MR) is 44.9 cm³/mol. The van der Waals surface area contributed by atoms with Crippen molar-refractivity contribution in [1.82, 2.24) is 4.90 Å². The summed E-state index contributed by atoms with van der Waals surface area (Å²) in [6, 6.07) is -0.566. The zero-order chi connectivity index (χ0) is 9.56. The van der Waals surface area contributed by atoms with Crippen molar-refractivity contribution in [3.8, 4) is 0 Å². The van der Waals surface area contributed by atoms with Crippen LogP contribution < -0.4 is 11.5 Å². The van der Waals surface area contributed by atoms with E-state index in [9.17, 15) is 4.79 Å². The lowest BCUT2D eigenvalue weighted by Crippen LogP contribution is -2.42. The zero-order valence-corrected chi connectivity index (χ0v) is 7.03. The molecule has 0 aromatic rings. The molecule has 5 N–H and O–H groups in total. The van der Waals surface area contributed by atoms with Gasteiger partial charge in [0.25, 0.3) is 0 Å².